The molecule has 0 amide bonds. The van der Waals surface area contributed by atoms with Gasteiger partial charge in [0, 0.05) is 31.0 Å². The molecule has 21 heavy (non-hydrogen) atoms. The third-order valence-electron chi connectivity index (χ3n) is 4.83. The highest BCUT2D eigenvalue weighted by molar-refractivity contribution is 5.10. The van der Waals surface area contributed by atoms with Gasteiger partial charge in [0.1, 0.15) is 0 Å². The molecule has 2 rings (SSSR count). The average molecular weight is 289 g/mol. The molecule has 1 heterocycles. The number of nitrogens with one attached hydrogen (secondary N) is 1. The predicted molar refractivity (Wildman–Crippen MR) is 89.2 cm³/mol. The molecule has 1 fully saturated rings. The highest BCUT2D eigenvalue weighted by Gasteiger charge is 2.37. The van der Waals surface area contributed by atoms with Crippen LogP contribution < -0.4 is 5.32 Å². The smallest absolute Gasteiger partial charge is 0.0271 e. The molecule has 0 bridgehead atoms. The van der Waals surface area contributed by atoms with Gasteiger partial charge in [-0.2, -0.15) is 0 Å². The minimum Gasteiger partial charge on any atom is -0.313 e. The van der Waals surface area contributed by atoms with Crippen LogP contribution in [-0.4, -0.2) is 35.1 Å². The van der Waals surface area contributed by atoms with Gasteiger partial charge in [0.15, 0.2) is 0 Å². The van der Waals surface area contributed by atoms with Crippen LogP contribution in [0.15, 0.2) is 24.5 Å². The zero-order chi connectivity index (χ0) is 15.3. The van der Waals surface area contributed by atoms with Gasteiger partial charge in [-0.25, -0.2) is 0 Å². The van der Waals surface area contributed by atoms with Crippen molar-refractivity contribution >= 4 is 0 Å². The lowest BCUT2D eigenvalue weighted by molar-refractivity contribution is 0.0637. The maximum Gasteiger partial charge on any atom is 0.0271 e. The summed E-state index contributed by atoms with van der Waals surface area (Å²) in [6.45, 7) is 12.5. The molecule has 1 aliphatic carbocycles. The Balaban J connectivity index is 2.11. The van der Waals surface area contributed by atoms with Crippen LogP contribution in [0, 0.1) is 5.41 Å². The van der Waals surface area contributed by atoms with Gasteiger partial charge in [-0.1, -0.05) is 27.7 Å². The van der Waals surface area contributed by atoms with Crippen molar-refractivity contribution in [2.24, 2.45) is 5.41 Å². The molecule has 3 nitrogen and oxygen atoms in total. The van der Waals surface area contributed by atoms with Crippen LogP contribution in [0.3, 0.4) is 0 Å². The third kappa shape index (κ3) is 4.52. The molecule has 1 aromatic heterocycles. The Morgan fingerprint density at radius 2 is 2.00 bits per heavy atom. The van der Waals surface area contributed by atoms with E-state index in [-0.39, 0.29) is 0 Å². The first-order chi connectivity index (χ1) is 10.1. The zero-order valence-electron chi connectivity index (χ0n) is 14.1. The zero-order valence-corrected chi connectivity index (χ0v) is 14.1. The minimum absolute atomic E-state index is 0.461. The molecule has 0 radical (unpaired) electrons. The number of nitrogens with zero attached hydrogens (tertiary/aromatic N) is 2. The molecule has 1 N–H and O–H groups in total. The molecule has 0 saturated heterocycles. The Kier molecular flexibility index (Phi) is 5.77. The molecule has 1 aromatic rings. The molecule has 2 atom stereocenters. The molecule has 0 spiro atoms. The number of pyridine rings is 1. The maximum atomic E-state index is 4.13. The summed E-state index contributed by atoms with van der Waals surface area (Å²) in [4.78, 5) is 6.77. The van der Waals surface area contributed by atoms with Crippen molar-refractivity contribution in [1.29, 1.82) is 0 Å². The van der Waals surface area contributed by atoms with Crippen LogP contribution in [0.5, 0.6) is 0 Å². The summed E-state index contributed by atoms with van der Waals surface area (Å²) in [5.41, 5.74) is 1.83. The Morgan fingerprint density at radius 1 is 1.29 bits per heavy atom. The second-order valence-corrected chi connectivity index (χ2v) is 7.06. The summed E-state index contributed by atoms with van der Waals surface area (Å²) in [5.74, 6) is 0. The van der Waals surface area contributed by atoms with Crippen molar-refractivity contribution in [2.75, 3.05) is 13.1 Å². The van der Waals surface area contributed by atoms with Gasteiger partial charge in [0.05, 0.1) is 0 Å². The number of hydrogen-bond acceptors (Lipinski definition) is 3. The normalized spacial score (nSPS) is 25.2. The van der Waals surface area contributed by atoms with Gasteiger partial charge in [-0.05, 0) is 55.5 Å². The van der Waals surface area contributed by atoms with Gasteiger partial charge in [-0.3, -0.25) is 9.88 Å². The second kappa shape index (κ2) is 7.37. The average Bonchev–Trinajstić information content (AvgIpc) is 2.48. The van der Waals surface area contributed by atoms with E-state index in [1.54, 1.807) is 0 Å². The molecule has 2 unspecified atom stereocenters. The number of hydrogen-bond donors (Lipinski definition) is 1. The standard InChI is InChI=1S/C18H31N3/c1-5-20-16-7-10-18(3,4)13-17(16)21(6-2)14-15-8-11-19-12-9-15/h8-9,11-12,16-17,20H,5-7,10,13-14H2,1-4H3. The first-order valence-corrected chi connectivity index (χ1v) is 8.42. The molecule has 0 aromatic carbocycles. The van der Waals surface area contributed by atoms with Crippen LogP contribution in [0.2, 0.25) is 0 Å². The van der Waals surface area contributed by atoms with Crippen LogP contribution in [-0.2, 0) is 6.54 Å². The molecule has 3 heteroatoms. The summed E-state index contributed by atoms with van der Waals surface area (Å²) >= 11 is 0. The fraction of sp³-hybridized carbons (Fsp3) is 0.722. The highest BCUT2D eigenvalue weighted by Crippen LogP contribution is 2.37. The van der Waals surface area contributed by atoms with E-state index >= 15 is 0 Å². The molecular formula is C18H31N3. The Morgan fingerprint density at radius 3 is 2.62 bits per heavy atom. The van der Waals surface area contributed by atoms with Gasteiger partial charge >= 0.3 is 0 Å². The van der Waals surface area contributed by atoms with Crippen molar-refractivity contribution in [3.8, 4) is 0 Å². The van der Waals surface area contributed by atoms with Crippen molar-refractivity contribution in [2.45, 2.75) is 65.6 Å². The number of likely N-dealkylation sites (N-methyl/N-ethyl adjacent to an activating group) is 2. The fourth-order valence-electron chi connectivity index (χ4n) is 3.62. The van der Waals surface area contributed by atoms with E-state index in [4.69, 9.17) is 0 Å². The first kappa shape index (κ1) is 16.4. The summed E-state index contributed by atoms with van der Waals surface area (Å²) in [6, 6.07) is 5.54. The number of rotatable bonds is 6. The maximum absolute atomic E-state index is 4.13. The first-order valence-electron chi connectivity index (χ1n) is 8.42. The Bertz CT molecular complexity index is 416. The van der Waals surface area contributed by atoms with Crippen LogP contribution >= 0.6 is 0 Å². The molecule has 1 aliphatic rings. The topological polar surface area (TPSA) is 28.2 Å². The monoisotopic (exact) mass is 289 g/mol. The lowest BCUT2D eigenvalue weighted by atomic mass is 9.72. The van der Waals surface area contributed by atoms with E-state index in [1.165, 1.54) is 24.8 Å². The molecular weight excluding hydrogens is 258 g/mol. The van der Waals surface area contributed by atoms with Gasteiger partial charge < -0.3 is 5.32 Å². The quantitative estimate of drug-likeness (QED) is 0.869. The minimum atomic E-state index is 0.461. The number of aromatic nitrogens is 1. The largest absolute Gasteiger partial charge is 0.313 e. The van der Waals surface area contributed by atoms with E-state index in [9.17, 15) is 0 Å². The summed E-state index contributed by atoms with van der Waals surface area (Å²) in [6.07, 6.45) is 7.70. The van der Waals surface area contributed by atoms with E-state index in [0.29, 0.717) is 17.5 Å². The van der Waals surface area contributed by atoms with E-state index in [2.05, 4.69) is 55.0 Å². The highest BCUT2D eigenvalue weighted by atomic mass is 15.2. The summed E-state index contributed by atoms with van der Waals surface area (Å²) in [5, 5.41) is 3.72. The van der Waals surface area contributed by atoms with Gasteiger partial charge in [-0.15, -0.1) is 0 Å². The Hall–Kier alpha value is -0.930. The van der Waals surface area contributed by atoms with Crippen LogP contribution in [0.1, 0.15) is 52.5 Å². The Labute approximate surface area is 130 Å². The molecule has 0 aliphatic heterocycles. The van der Waals surface area contributed by atoms with Crippen molar-refractivity contribution < 1.29 is 0 Å². The van der Waals surface area contributed by atoms with Crippen LogP contribution in [0.4, 0.5) is 0 Å². The molecule has 1 saturated carbocycles. The summed E-state index contributed by atoms with van der Waals surface area (Å²) in [7, 11) is 0. The molecule has 118 valence electrons. The van der Waals surface area contributed by atoms with Crippen molar-refractivity contribution in [3.63, 3.8) is 0 Å². The summed E-state index contributed by atoms with van der Waals surface area (Å²) < 4.78 is 0. The van der Waals surface area contributed by atoms with E-state index in [1.807, 2.05) is 12.4 Å². The predicted octanol–water partition coefficient (Wildman–Crippen LogP) is 3.46. The lowest BCUT2D eigenvalue weighted by Crippen LogP contribution is -2.54. The van der Waals surface area contributed by atoms with Gasteiger partial charge in [0.25, 0.3) is 0 Å². The van der Waals surface area contributed by atoms with E-state index in [0.717, 1.165) is 19.6 Å². The van der Waals surface area contributed by atoms with Crippen molar-refractivity contribution in [1.82, 2.24) is 15.2 Å². The van der Waals surface area contributed by atoms with Crippen LogP contribution in [0.25, 0.3) is 0 Å². The second-order valence-electron chi connectivity index (χ2n) is 7.06. The lowest BCUT2D eigenvalue weighted by Gasteiger charge is -2.46. The third-order valence-corrected chi connectivity index (χ3v) is 4.83. The fourth-order valence-corrected chi connectivity index (χ4v) is 3.62. The van der Waals surface area contributed by atoms with Crippen molar-refractivity contribution in [3.05, 3.63) is 30.1 Å². The van der Waals surface area contributed by atoms with Gasteiger partial charge in [0.2, 0.25) is 0 Å². The SMILES string of the molecule is CCNC1CCC(C)(C)CC1N(CC)Cc1ccncc1. The van der Waals surface area contributed by atoms with E-state index < -0.39 is 0 Å².